The zero-order valence-electron chi connectivity index (χ0n) is 17.0. The largest absolute Gasteiger partial charge is 0.497 e. The molecule has 6 nitrogen and oxygen atoms in total. The number of aliphatic imine (C=N–C) groups is 1. The fourth-order valence-electron chi connectivity index (χ4n) is 3.27. The first kappa shape index (κ1) is 19.9. The van der Waals surface area contributed by atoms with Gasteiger partial charge in [-0.15, -0.1) is 0 Å². The summed E-state index contributed by atoms with van der Waals surface area (Å²) in [7, 11) is 3.70. The van der Waals surface area contributed by atoms with Crippen LogP contribution in [-0.2, 0) is 0 Å². The van der Waals surface area contributed by atoms with Crippen LogP contribution in [0.2, 0.25) is 0 Å². The fraction of sp³-hybridized carbons (Fsp3) is 0.364. The highest BCUT2D eigenvalue weighted by Gasteiger charge is 2.20. The van der Waals surface area contributed by atoms with Crippen LogP contribution in [0.25, 0.3) is 0 Å². The van der Waals surface area contributed by atoms with Crippen molar-refractivity contribution < 1.29 is 9.53 Å². The van der Waals surface area contributed by atoms with Gasteiger partial charge in [-0.1, -0.05) is 12.1 Å². The zero-order valence-corrected chi connectivity index (χ0v) is 17.0. The van der Waals surface area contributed by atoms with Crippen LogP contribution in [0, 0.1) is 13.8 Å². The molecule has 1 heterocycles. The minimum absolute atomic E-state index is 0.194. The van der Waals surface area contributed by atoms with E-state index >= 15 is 0 Å². The molecule has 0 atom stereocenters. The van der Waals surface area contributed by atoms with Crippen molar-refractivity contribution in [2.45, 2.75) is 13.8 Å². The van der Waals surface area contributed by atoms with E-state index in [0.717, 1.165) is 43.0 Å². The second-order valence-electron chi connectivity index (χ2n) is 7.26. The number of amides is 1. The molecule has 0 radical (unpaired) electrons. The van der Waals surface area contributed by atoms with E-state index < -0.39 is 0 Å². The van der Waals surface area contributed by atoms with Crippen molar-refractivity contribution in [3.63, 3.8) is 0 Å². The van der Waals surface area contributed by atoms with Gasteiger partial charge in [0.15, 0.2) is 0 Å². The Labute approximate surface area is 166 Å². The Balaban J connectivity index is 1.89. The third-order valence-corrected chi connectivity index (χ3v) is 4.80. The highest BCUT2D eigenvalue weighted by Crippen LogP contribution is 2.18. The number of guanidine groups is 1. The number of carbonyl (C=O) groups is 1. The van der Waals surface area contributed by atoms with Crippen LogP contribution in [0.1, 0.15) is 21.5 Å². The van der Waals surface area contributed by atoms with Crippen LogP contribution >= 0.6 is 0 Å². The van der Waals surface area contributed by atoms with E-state index in [-0.39, 0.29) is 5.91 Å². The number of ether oxygens (including phenoxy) is 1. The van der Waals surface area contributed by atoms with Crippen LogP contribution in [0.3, 0.4) is 0 Å². The average molecular weight is 380 g/mol. The molecule has 0 bridgehead atoms. The van der Waals surface area contributed by atoms with E-state index in [0.29, 0.717) is 17.3 Å². The summed E-state index contributed by atoms with van der Waals surface area (Å²) >= 11 is 0. The third-order valence-electron chi connectivity index (χ3n) is 4.80. The van der Waals surface area contributed by atoms with Crippen molar-refractivity contribution in [3.05, 3.63) is 59.2 Å². The van der Waals surface area contributed by atoms with E-state index in [1.165, 1.54) is 0 Å². The molecule has 1 aliphatic rings. The minimum atomic E-state index is -0.194. The van der Waals surface area contributed by atoms with Gasteiger partial charge in [-0.3, -0.25) is 10.1 Å². The van der Waals surface area contributed by atoms with Gasteiger partial charge in [0.05, 0.1) is 12.8 Å². The monoisotopic (exact) mass is 380 g/mol. The summed E-state index contributed by atoms with van der Waals surface area (Å²) in [6, 6.07) is 13.3. The van der Waals surface area contributed by atoms with Crippen molar-refractivity contribution >= 4 is 17.6 Å². The highest BCUT2D eigenvalue weighted by molar-refractivity contribution is 6.06. The molecule has 28 heavy (non-hydrogen) atoms. The van der Waals surface area contributed by atoms with Crippen LogP contribution in [0.4, 0.5) is 5.69 Å². The predicted molar refractivity (Wildman–Crippen MR) is 113 cm³/mol. The van der Waals surface area contributed by atoms with Crippen molar-refractivity contribution in [2.24, 2.45) is 4.99 Å². The first-order valence-electron chi connectivity index (χ1n) is 9.50. The molecule has 1 amide bonds. The van der Waals surface area contributed by atoms with Crippen LogP contribution in [0.5, 0.6) is 5.75 Å². The number of benzene rings is 2. The minimum Gasteiger partial charge on any atom is -0.497 e. The normalized spacial score (nSPS) is 15.4. The topological polar surface area (TPSA) is 57.2 Å². The molecule has 1 fully saturated rings. The summed E-state index contributed by atoms with van der Waals surface area (Å²) in [5.74, 6) is 1.05. The first-order chi connectivity index (χ1) is 13.4. The molecule has 148 valence electrons. The number of hydrogen-bond acceptors (Lipinski definition) is 4. The van der Waals surface area contributed by atoms with Crippen molar-refractivity contribution in [1.29, 1.82) is 0 Å². The summed E-state index contributed by atoms with van der Waals surface area (Å²) in [5.41, 5.74) is 3.69. The summed E-state index contributed by atoms with van der Waals surface area (Å²) < 4.78 is 5.23. The van der Waals surface area contributed by atoms with Crippen molar-refractivity contribution in [3.8, 4) is 5.75 Å². The summed E-state index contributed by atoms with van der Waals surface area (Å²) in [5, 5.41) is 3.02. The smallest absolute Gasteiger partial charge is 0.258 e. The van der Waals surface area contributed by atoms with Gasteiger partial charge in [0.1, 0.15) is 5.75 Å². The predicted octanol–water partition coefficient (Wildman–Crippen LogP) is 2.98. The van der Waals surface area contributed by atoms with Gasteiger partial charge in [-0.25, -0.2) is 4.99 Å². The van der Waals surface area contributed by atoms with Gasteiger partial charge in [-0.05, 0) is 62.4 Å². The maximum atomic E-state index is 12.9. The molecule has 6 heteroatoms. The number of nitrogens with zero attached hydrogens (tertiary/aromatic N) is 3. The lowest BCUT2D eigenvalue weighted by Crippen LogP contribution is -2.52. The molecule has 0 saturated carbocycles. The van der Waals surface area contributed by atoms with E-state index in [2.05, 4.69) is 42.1 Å². The Hall–Kier alpha value is -2.86. The number of methoxy groups -OCH3 is 1. The first-order valence-corrected chi connectivity index (χ1v) is 9.50. The number of rotatable bonds is 3. The number of piperazine rings is 1. The van der Waals surface area contributed by atoms with E-state index in [4.69, 9.17) is 9.73 Å². The molecule has 3 rings (SSSR count). The lowest BCUT2D eigenvalue weighted by molar-refractivity contribution is 0.0969. The summed E-state index contributed by atoms with van der Waals surface area (Å²) in [4.78, 5) is 22.1. The Morgan fingerprint density at radius 3 is 2.36 bits per heavy atom. The number of nitrogens with one attached hydrogen (secondary N) is 1. The Bertz CT molecular complexity index is 850. The Morgan fingerprint density at radius 1 is 1.04 bits per heavy atom. The van der Waals surface area contributed by atoms with Gasteiger partial charge in [0.2, 0.25) is 5.96 Å². The quantitative estimate of drug-likeness (QED) is 0.657. The Kier molecular flexibility index (Phi) is 6.31. The van der Waals surface area contributed by atoms with Gasteiger partial charge < -0.3 is 14.5 Å². The molecule has 0 unspecified atom stereocenters. The third kappa shape index (κ3) is 5.10. The second-order valence-corrected chi connectivity index (χ2v) is 7.26. The molecule has 1 saturated heterocycles. The van der Waals surface area contributed by atoms with Crippen LogP contribution < -0.4 is 10.1 Å². The number of carbonyl (C=O) groups excluding carboxylic acids is 1. The number of hydrogen-bond donors (Lipinski definition) is 1. The number of aryl methyl sites for hydroxylation is 2. The Morgan fingerprint density at radius 2 is 1.71 bits per heavy atom. The summed E-state index contributed by atoms with van der Waals surface area (Å²) in [6.07, 6.45) is 0. The van der Waals surface area contributed by atoms with Crippen molar-refractivity contribution in [2.75, 3.05) is 40.3 Å². The van der Waals surface area contributed by atoms with E-state index in [9.17, 15) is 4.79 Å². The lowest BCUT2D eigenvalue weighted by atomic mass is 10.1. The maximum Gasteiger partial charge on any atom is 0.258 e. The molecule has 2 aromatic carbocycles. The van der Waals surface area contributed by atoms with Crippen LogP contribution in [-0.4, -0.2) is 62.0 Å². The molecule has 1 N–H and O–H groups in total. The molecule has 2 aromatic rings. The molecule has 0 aliphatic carbocycles. The van der Waals surface area contributed by atoms with Crippen molar-refractivity contribution in [1.82, 2.24) is 15.1 Å². The van der Waals surface area contributed by atoms with Gasteiger partial charge in [0.25, 0.3) is 5.91 Å². The van der Waals surface area contributed by atoms with E-state index in [1.807, 2.05) is 24.3 Å². The maximum absolute atomic E-state index is 12.9. The standard InChI is InChI=1S/C22H28N4O2/c1-16-12-17(2)14-19(13-16)23-22(26-10-8-25(3)9-11-26)24-21(27)18-6-5-7-20(15-18)28-4/h5-7,12-15H,8-11H2,1-4H3,(H,23,24,27). The average Bonchev–Trinajstić information content (AvgIpc) is 2.67. The molecular weight excluding hydrogens is 352 g/mol. The second kappa shape index (κ2) is 8.89. The molecule has 0 aromatic heterocycles. The zero-order chi connectivity index (χ0) is 20.1. The lowest BCUT2D eigenvalue weighted by Gasteiger charge is -2.34. The van der Waals surface area contributed by atoms with Gasteiger partial charge in [0, 0.05) is 31.7 Å². The van der Waals surface area contributed by atoms with E-state index in [1.54, 1.807) is 19.2 Å². The van der Waals surface area contributed by atoms with Gasteiger partial charge >= 0.3 is 0 Å². The highest BCUT2D eigenvalue weighted by atomic mass is 16.5. The molecule has 1 aliphatic heterocycles. The molecular formula is C22H28N4O2. The SMILES string of the molecule is COc1cccc(C(=O)NC(=Nc2cc(C)cc(C)c2)N2CCN(C)CC2)c1. The summed E-state index contributed by atoms with van der Waals surface area (Å²) in [6.45, 7) is 7.60. The number of likely N-dealkylation sites (N-methyl/N-ethyl adjacent to an activating group) is 1. The van der Waals surface area contributed by atoms with Gasteiger partial charge in [-0.2, -0.15) is 0 Å². The fourth-order valence-corrected chi connectivity index (χ4v) is 3.27. The van der Waals surface area contributed by atoms with Crippen LogP contribution in [0.15, 0.2) is 47.5 Å². The molecule has 0 spiro atoms.